The number of hydrogen-bond donors (Lipinski definition) is 1. The average Bonchev–Trinajstić information content (AvgIpc) is 2.44. The van der Waals surface area contributed by atoms with Crippen LogP contribution < -0.4 is 5.32 Å². The summed E-state index contributed by atoms with van der Waals surface area (Å²) in [6.45, 7) is 8.43. The van der Waals surface area contributed by atoms with Crippen molar-refractivity contribution in [1.82, 2.24) is 10.2 Å². The van der Waals surface area contributed by atoms with Gasteiger partial charge in [0.25, 0.3) is 0 Å². The van der Waals surface area contributed by atoms with Gasteiger partial charge in [-0.05, 0) is 76.5 Å². The predicted octanol–water partition coefficient (Wildman–Crippen LogP) is 3.72. The lowest BCUT2D eigenvalue weighted by Gasteiger charge is -2.40. The summed E-state index contributed by atoms with van der Waals surface area (Å²) in [6, 6.07) is 1.43. The van der Waals surface area contributed by atoms with Gasteiger partial charge in [-0.3, -0.25) is 0 Å². The Morgan fingerprint density at radius 1 is 1.25 bits per heavy atom. The van der Waals surface area contributed by atoms with Crippen LogP contribution in [-0.4, -0.2) is 49.6 Å². The molecule has 1 saturated carbocycles. The zero-order valence-corrected chi connectivity index (χ0v) is 15.3. The van der Waals surface area contributed by atoms with Crippen LogP contribution in [0.5, 0.6) is 0 Å². The maximum Gasteiger partial charge on any atom is 0.0105 e. The van der Waals surface area contributed by atoms with Gasteiger partial charge in [0.2, 0.25) is 0 Å². The Morgan fingerprint density at radius 2 is 1.95 bits per heavy atom. The Labute approximate surface area is 131 Å². The van der Waals surface area contributed by atoms with E-state index in [9.17, 15) is 0 Å². The second-order valence-electron chi connectivity index (χ2n) is 7.04. The molecule has 0 aromatic carbocycles. The molecule has 0 heterocycles. The molecule has 0 bridgehead atoms. The third kappa shape index (κ3) is 5.57. The molecule has 0 spiro atoms. The minimum atomic E-state index is 0.708. The molecule has 120 valence electrons. The number of hydrogen-bond acceptors (Lipinski definition) is 3. The lowest BCUT2D eigenvalue weighted by molar-refractivity contribution is 0.119. The van der Waals surface area contributed by atoms with Crippen LogP contribution in [0.25, 0.3) is 0 Å². The molecule has 1 N–H and O–H groups in total. The lowest BCUT2D eigenvalue weighted by atomic mass is 9.73. The monoisotopic (exact) mass is 300 g/mol. The molecule has 4 atom stereocenters. The van der Waals surface area contributed by atoms with Crippen molar-refractivity contribution in [2.24, 2.45) is 17.8 Å². The molecule has 1 aliphatic carbocycles. The van der Waals surface area contributed by atoms with Crippen molar-refractivity contribution in [3.05, 3.63) is 0 Å². The molecule has 0 aromatic rings. The van der Waals surface area contributed by atoms with Crippen LogP contribution in [0.2, 0.25) is 0 Å². The minimum absolute atomic E-state index is 0.708. The van der Waals surface area contributed by atoms with Gasteiger partial charge in [0.05, 0.1) is 0 Å². The van der Waals surface area contributed by atoms with E-state index in [1.165, 1.54) is 38.0 Å². The van der Waals surface area contributed by atoms with E-state index >= 15 is 0 Å². The Morgan fingerprint density at radius 3 is 2.50 bits per heavy atom. The van der Waals surface area contributed by atoms with Crippen molar-refractivity contribution in [3.8, 4) is 0 Å². The van der Waals surface area contributed by atoms with Gasteiger partial charge in [-0.15, -0.1) is 0 Å². The summed E-state index contributed by atoms with van der Waals surface area (Å²) in [5.41, 5.74) is 0. The highest BCUT2D eigenvalue weighted by atomic mass is 32.2. The molecule has 0 amide bonds. The van der Waals surface area contributed by atoms with Gasteiger partial charge in [-0.1, -0.05) is 13.8 Å². The Balaban J connectivity index is 2.51. The van der Waals surface area contributed by atoms with E-state index in [0.29, 0.717) is 6.04 Å². The molecule has 2 nitrogen and oxygen atoms in total. The summed E-state index contributed by atoms with van der Waals surface area (Å²) in [6.07, 6.45) is 7.69. The van der Waals surface area contributed by atoms with Crippen molar-refractivity contribution < 1.29 is 0 Å². The standard InChI is InChI=1S/C17H36N2S/c1-13(2)15-7-8-17(18-4)16(11-15)12-19(5)14(3)9-10-20-6/h13-18H,7-12H2,1-6H3. The van der Waals surface area contributed by atoms with Gasteiger partial charge in [-0.25, -0.2) is 0 Å². The van der Waals surface area contributed by atoms with Crippen LogP contribution in [0.3, 0.4) is 0 Å². The van der Waals surface area contributed by atoms with Crippen LogP contribution in [0.15, 0.2) is 0 Å². The number of rotatable bonds is 8. The van der Waals surface area contributed by atoms with E-state index in [1.54, 1.807) is 0 Å². The largest absolute Gasteiger partial charge is 0.317 e. The van der Waals surface area contributed by atoms with E-state index in [4.69, 9.17) is 0 Å². The zero-order valence-electron chi connectivity index (χ0n) is 14.5. The quantitative estimate of drug-likeness (QED) is 0.735. The van der Waals surface area contributed by atoms with Crippen LogP contribution >= 0.6 is 11.8 Å². The van der Waals surface area contributed by atoms with Crippen molar-refractivity contribution in [3.63, 3.8) is 0 Å². The molecular weight excluding hydrogens is 264 g/mol. The Kier molecular flexibility index (Phi) is 8.54. The van der Waals surface area contributed by atoms with Gasteiger partial charge < -0.3 is 10.2 Å². The van der Waals surface area contributed by atoms with E-state index < -0.39 is 0 Å². The number of nitrogens with zero attached hydrogens (tertiary/aromatic N) is 1. The van der Waals surface area contributed by atoms with Crippen molar-refractivity contribution in [1.29, 1.82) is 0 Å². The first-order valence-electron chi connectivity index (χ1n) is 8.36. The van der Waals surface area contributed by atoms with Crippen molar-refractivity contribution in [2.75, 3.05) is 32.6 Å². The van der Waals surface area contributed by atoms with E-state index in [0.717, 1.165) is 23.8 Å². The fraction of sp³-hybridized carbons (Fsp3) is 1.00. The van der Waals surface area contributed by atoms with Crippen LogP contribution in [0.1, 0.15) is 46.5 Å². The maximum absolute atomic E-state index is 3.57. The smallest absolute Gasteiger partial charge is 0.0105 e. The van der Waals surface area contributed by atoms with Gasteiger partial charge in [0.15, 0.2) is 0 Å². The van der Waals surface area contributed by atoms with Crippen LogP contribution in [0.4, 0.5) is 0 Å². The molecular formula is C17H36N2S. The van der Waals surface area contributed by atoms with Crippen LogP contribution in [0, 0.1) is 17.8 Å². The third-order valence-electron chi connectivity index (χ3n) is 5.35. The summed E-state index contributed by atoms with van der Waals surface area (Å²) in [4.78, 5) is 2.59. The summed E-state index contributed by atoms with van der Waals surface area (Å²) in [5, 5.41) is 3.57. The minimum Gasteiger partial charge on any atom is -0.317 e. The summed E-state index contributed by atoms with van der Waals surface area (Å²) in [5.74, 6) is 3.87. The molecule has 3 heteroatoms. The topological polar surface area (TPSA) is 15.3 Å². The van der Waals surface area contributed by atoms with E-state index in [-0.39, 0.29) is 0 Å². The second kappa shape index (κ2) is 9.32. The first-order chi connectivity index (χ1) is 9.49. The second-order valence-corrected chi connectivity index (χ2v) is 8.03. The number of thioether (sulfide) groups is 1. The molecule has 0 radical (unpaired) electrons. The maximum atomic E-state index is 3.57. The molecule has 0 aromatic heterocycles. The number of nitrogens with one attached hydrogen (secondary N) is 1. The molecule has 4 unspecified atom stereocenters. The fourth-order valence-corrected chi connectivity index (χ4v) is 4.12. The molecule has 0 saturated heterocycles. The fourth-order valence-electron chi connectivity index (χ4n) is 3.55. The normalized spacial score (nSPS) is 29.1. The predicted molar refractivity (Wildman–Crippen MR) is 93.6 cm³/mol. The van der Waals surface area contributed by atoms with Gasteiger partial charge in [-0.2, -0.15) is 11.8 Å². The SMILES string of the molecule is CNC1CCC(C(C)C)CC1CN(C)C(C)CCSC. The van der Waals surface area contributed by atoms with Crippen molar-refractivity contribution in [2.45, 2.75) is 58.5 Å². The molecule has 0 aliphatic heterocycles. The van der Waals surface area contributed by atoms with Crippen molar-refractivity contribution >= 4 is 11.8 Å². The van der Waals surface area contributed by atoms with Gasteiger partial charge >= 0.3 is 0 Å². The summed E-state index contributed by atoms with van der Waals surface area (Å²) in [7, 11) is 4.46. The average molecular weight is 301 g/mol. The summed E-state index contributed by atoms with van der Waals surface area (Å²) >= 11 is 1.96. The first kappa shape index (κ1) is 18.3. The van der Waals surface area contributed by atoms with Crippen LogP contribution in [-0.2, 0) is 0 Å². The van der Waals surface area contributed by atoms with Gasteiger partial charge in [0, 0.05) is 18.6 Å². The third-order valence-corrected chi connectivity index (χ3v) is 6.00. The highest BCUT2D eigenvalue weighted by Gasteiger charge is 2.32. The molecule has 1 aliphatic rings. The Bertz CT molecular complexity index is 257. The first-order valence-corrected chi connectivity index (χ1v) is 9.75. The van der Waals surface area contributed by atoms with E-state index in [2.05, 4.69) is 51.3 Å². The van der Waals surface area contributed by atoms with Gasteiger partial charge in [0.1, 0.15) is 0 Å². The summed E-state index contributed by atoms with van der Waals surface area (Å²) < 4.78 is 0. The molecule has 1 rings (SSSR count). The highest BCUT2D eigenvalue weighted by molar-refractivity contribution is 7.98. The van der Waals surface area contributed by atoms with E-state index in [1.807, 2.05) is 11.8 Å². The highest BCUT2D eigenvalue weighted by Crippen LogP contribution is 2.34. The molecule has 1 fully saturated rings. The molecule has 20 heavy (non-hydrogen) atoms. The zero-order chi connectivity index (χ0) is 15.1. The lowest BCUT2D eigenvalue weighted by Crippen LogP contribution is -2.46. The Hall–Kier alpha value is 0.270.